The van der Waals surface area contributed by atoms with Crippen LogP contribution in [0.15, 0.2) is 36.7 Å². The average molecular weight is 341 g/mol. The van der Waals surface area contributed by atoms with E-state index in [2.05, 4.69) is 19.8 Å². The molecule has 1 aliphatic heterocycles. The van der Waals surface area contributed by atoms with Gasteiger partial charge in [-0.05, 0) is 17.5 Å². The fraction of sp³-hybridized carbons (Fsp3) is 0.250. The summed E-state index contributed by atoms with van der Waals surface area (Å²) in [6, 6.07) is 7.85. The van der Waals surface area contributed by atoms with Crippen molar-refractivity contribution < 1.29 is 9.53 Å². The van der Waals surface area contributed by atoms with Crippen molar-refractivity contribution in [1.29, 1.82) is 0 Å². The molecule has 1 unspecified atom stereocenters. The van der Waals surface area contributed by atoms with Gasteiger partial charge in [0, 0.05) is 24.8 Å². The van der Waals surface area contributed by atoms with Crippen LogP contribution in [0.25, 0.3) is 11.4 Å². The topological polar surface area (TPSA) is 81.9 Å². The number of ether oxygens (including phenoxy) is 1. The van der Waals surface area contributed by atoms with Crippen molar-refractivity contribution in [2.45, 2.75) is 12.5 Å². The van der Waals surface area contributed by atoms with Gasteiger partial charge in [0.2, 0.25) is 5.13 Å². The summed E-state index contributed by atoms with van der Waals surface area (Å²) in [5, 5.41) is 7.35. The summed E-state index contributed by atoms with van der Waals surface area (Å²) >= 11 is 1.14. The molecule has 0 saturated carbocycles. The summed E-state index contributed by atoms with van der Waals surface area (Å²) in [4.78, 5) is 16.9. The minimum Gasteiger partial charge on any atom is -0.363 e. The van der Waals surface area contributed by atoms with Gasteiger partial charge in [-0.2, -0.15) is 14.5 Å². The van der Waals surface area contributed by atoms with E-state index in [1.165, 1.54) is 0 Å². The highest BCUT2D eigenvalue weighted by molar-refractivity contribution is 7.10. The number of aryl methyl sites for hydroxylation is 1. The molecule has 1 aromatic carbocycles. The molecule has 4 rings (SSSR count). The molecule has 3 heterocycles. The van der Waals surface area contributed by atoms with E-state index in [0.717, 1.165) is 34.6 Å². The highest BCUT2D eigenvalue weighted by atomic mass is 32.1. The summed E-state index contributed by atoms with van der Waals surface area (Å²) in [5.41, 5.74) is 2.88. The number of benzene rings is 1. The fourth-order valence-corrected chi connectivity index (χ4v) is 3.30. The monoisotopic (exact) mass is 341 g/mol. The Morgan fingerprint density at radius 2 is 2.29 bits per heavy atom. The van der Waals surface area contributed by atoms with Gasteiger partial charge in [-0.25, -0.2) is 0 Å². The van der Waals surface area contributed by atoms with Gasteiger partial charge in [-0.15, -0.1) is 0 Å². The Hall–Kier alpha value is -2.58. The van der Waals surface area contributed by atoms with E-state index in [9.17, 15) is 4.79 Å². The number of nitrogens with zero attached hydrogens (tertiary/aromatic N) is 4. The molecule has 1 N–H and O–H groups in total. The molecule has 3 aromatic rings. The maximum atomic E-state index is 12.6. The zero-order valence-electron chi connectivity index (χ0n) is 13.0. The Kier molecular flexibility index (Phi) is 3.83. The number of aromatic nitrogens is 4. The molecule has 7 nitrogen and oxygen atoms in total. The normalized spacial score (nSPS) is 16.6. The lowest BCUT2D eigenvalue weighted by Crippen LogP contribution is -2.28. The van der Waals surface area contributed by atoms with E-state index >= 15 is 0 Å². The molecule has 0 spiro atoms. The molecule has 8 heteroatoms. The molecule has 122 valence electrons. The lowest BCUT2D eigenvalue weighted by atomic mass is 9.97. The molecule has 0 saturated heterocycles. The van der Waals surface area contributed by atoms with Crippen molar-refractivity contribution in [1.82, 2.24) is 19.1 Å². The molecule has 0 fully saturated rings. The van der Waals surface area contributed by atoms with Crippen LogP contribution in [0.3, 0.4) is 0 Å². The van der Waals surface area contributed by atoms with E-state index < -0.39 is 6.10 Å². The van der Waals surface area contributed by atoms with Crippen LogP contribution in [0, 0.1) is 0 Å². The Balaban J connectivity index is 1.52. The maximum Gasteiger partial charge on any atom is 0.259 e. The van der Waals surface area contributed by atoms with Crippen LogP contribution in [-0.4, -0.2) is 31.7 Å². The van der Waals surface area contributed by atoms with Crippen LogP contribution in [0.5, 0.6) is 0 Å². The minimum atomic E-state index is -0.610. The number of fused-ring (bicyclic) bond motifs is 1. The predicted octanol–water partition coefficient (Wildman–Crippen LogP) is 2.19. The van der Waals surface area contributed by atoms with Crippen molar-refractivity contribution in [2.24, 2.45) is 7.05 Å². The first kappa shape index (κ1) is 15.0. The summed E-state index contributed by atoms with van der Waals surface area (Å²) < 4.78 is 11.6. The molecule has 2 aromatic heterocycles. The first-order chi connectivity index (χ1) is 11.7. The quantitative estimate of drug-likeness (QED) is 0.790. The number of rotatable bonds is 3. The van der Waals surface area contributed by atoms with Crippen LogP contribution in [0.4, 0.5) is 5.13 Å². The molecule has 1 aliphatic rings. The third-order valence-corrected chi connectivity index (χ3v) is 4.48. The molecule has 0 bridgehead atoms. The molecular weight excluding hydrogens is 326 g/mol. The number of anilines is 1. The van der Waals surface area contributed by atoms with Gasteiger partial charge in [-0.1, -0.05) is 24.3 Å². The Labute approximate surface area is 142 Å². The first-order valence-electron chi connectivity index (χ1n) is 7.54. The zero-order chi connectivity index (χ0) is 16.5. The molecule has 24 heavy (non-hydrogen) atoms. The Morgan fingerprint density at radius 3 is 3.12 bits per heavy atom. The molecule has 0 radical (unpaired) electrons. The molecule has 1 amide bonds. The molecule has 0 aliphatic carbocycles. The van der Waals surface area contributed by atoms with E-state index in [0.29, 0.717) is 17.6 Å². The van der Waals surface area contributed by atoms with Crippen molar-refractivity contribution in [3.05, 3.63) is 47.8 Å². The highest BCUT2D eigenvalue weighted by Crippen LogP contribution is 2.29. The van der Waals surface area contributed by atoms with E-state index in [1.54, 1.807) is 10.9 Å². The van der Waals surface area contributed by atoms with Gasteiger partial charge >= 0.3 is 0 Å². The summed E-state index contributed by atoms with van der Waals surface area (Å²) in [6.45, 7) is 0.534. The Bertz CT molecular complexity index is 888. The summed E-state index contributed by atoms with van der Waals surface area (Å²) in [5.74, 6) is 0.324. The molecule has 1 atom stereocenters. The molecular formula is C16H15N5O2S. The van der Waals surface area contributed by atoms with Crippen LogP contribution in [0.2, 0.25) is 0 Å². The largest absolute Gasteiger partial charge is 0.363 e. The lowest BCUT2D eigenvalue weighted by molar-refractivity contribution is -0.128. The van der Waals surface area contributed by atoms with E-state index in [-0.39, 0.29) is 5.91 Å². The van der Waals surface area contributed by atoms with Crippen LogP contribution in [0.1, 0.15) is 17.2 Å². The van der Waals surface area contributed by atoms with Crippen LogP contribution < -0.4 is 5.32 Å². The fourth-order valence-electron chi connectivity index (χ4n) is 2.71. The SMILES string of the molecule is Cn1cc(-c2nsc(NC(=O)C3OCCc4ccccc43)n2)cn1. The predicted molar refractivity (Wildman–Crippen MR) is 89.6 cm³/mol. The highest BCUT2D eigenvalue weighted by Gasteiger charge is 2.28. The number of carbonyl (C=O) groups excluding carboxylic acids is 1. The third kappa shape index (κ3) is 2.81. The smallest absolute Gasteiger partial charge is 0.259 e. The van der Waals surface area contributed by atoms with Gasteiger partial charge in [0.05, 0.1) is 18.4 Å². The van der Waals surface area contributed by atoms with Crippen LogP contribution in [-0.2, 0) is 23.0 Å². The lowest BCUT2D eigenvalue weighted by Gasteiger charge is -2.24. The second-order valence-corrected chi connectivity index (χ2v) is 6.27. The minimum absolute atomic E-state index is 0.226. The maximum absolute atomic E-state index is 12.6. The number of carbonyl (C=O) groups is 1. The number of hydrogen-bond donors (Lipinski definition) is 1. The van der Waals surface area contributed by atoms with E-state index in [4.69, 9.17) is 4.74 Å². The Morgan fingerprint density at radius 1 is 1.42 bits per heavy atom. The number of hydrogen-bond acceptors (Lipinski definition) is 6. The summed E-state index contributed by atoms with van der Waals surface area (Å²) in [7, 11) is 1.83. The van der Waals surface area contributed by atoms with Crippen molar-refractivity contribution in [3.8, 4) is 11.4 Å². The summed E-state index contributed by atoms with van der Waals surface area (Å²) in [6.07, 6.45) is 3.73. The third-order valence-electron chi connectivity index (χ3n) is 3.85. The number of nitrogens with one attached hydrogen (secondary N) is 1. The van der Waals surface area contributed by atoms with Gasteiger partial charge in [0.1, 0.15) is 0 Å². The zero-order valence-corrected chi connectivity index (χ0v) is 13.8. The second kappa shape index (κ2) is 6.14. The second-order valence-electron chi connectivity index (χ2n) is 5.51. The van der Waals surface area contributed by atoms with Gasteiger partial charge in [0.25, 0.3) is 5.91 Å². The van der Waals surface area contributed by atoms with Gasteiger partial charge in [-0.3, -0.25) is 14.8 Å². The first-order valence-corrected chi connectivity index (χ1v) is 8.31. The number of amides is 1. The van der Waals surface area contributed by atoms with E-state index in [1.807, 2.05) is 37.5 Å². The average Bonchev–Trinajstić information content (AvgIpc) is 3.23. The van der Waals surface area contributed by atoms with Gasteiger partial charge < -0.3 is 4.74 Å². The van der Waals surface area contributed by atoms with Crippen molar-refractivity contribution in [2.75, 3.05) is 11.9 Å². The van der Waals surface area contributed by atoms with Gasteiger partial charge in [0.15, 0.2) is 11.9 Å². The van der Waals surface area contributed by atoms with Crippen molar-refractivity contribution in [3.63, 3.8) is 0 Å². The standard InChI is InChI=1S/C16H15N5O2S/c1-21-9-11(8-17-21)14-18-16(24-20-14)19-15(22)13-12-5-3-2-4-10(12)6-7-23-13/h2-5,8-9,13H,6-7H2,1H3,(H,18,19,20,22). The van der Waals surface area contributed by atoms with Crippen molar-refractivity contribution >= 4 is 22.6 Å². The van der Waals surface area contributed by atoms with Crippen LogP contribution >= 0.6 is 11.5 Å².